The molecular weight excluding hydrogens is 568 g/mol. The molecule has 0 N–H and O–H groups in total. The van der Waals surface area contributed by atoms with Gasteiger partial charge < -0.3 is 0 Å². The molecule has 1 aromatic rings. The summed E-state index contributed by atoms with van der Waals surface area (Å²) in [5.41, 5.74) is 0.986. The first-order valence-corrected chi connectivity index (χ1v) is 22.5. The summed E-state index contributed by atoms with van der Waals surface area (Å²) in [5.74, 6) is 0. The zero-order valence-electron chi connectivity index (χ0n) is 22.7. The van der Waals surface area contributed by atoms with Crippen LogP contribution in [0.3, 0.4) is 0 Å². The Morgan fingerprint density at radius 2 is 1.40 bits per heavy atom. The quantitative estimate of drug-likeness (QED) is 0.0605. The minimum atomic E-state index is -3.46. The van der Waals surface area contributed by atoms with E-state index in [2.05, 4.69) is 20.8 Å². The Morgan fingerprint density at radius 3 is 1.83 bits per heavy atom. The fourth-order valence-corrected chi connectivity index (χ4v) is 29.4. The number of hydrogen-bond donors (Lipinski definition) is 0. The van der Waals surface area contributed by atoms with Gasteiger partial charge in [-0.25, -0.2) is 0 Å². The van der Waals surface area contributed by atoms with E-state index in [1.165, 1.54) is 5.06 Å². The first-order valence-electron chi connectivity index (χ1n) is 13.4. The molecule has 1 aromatic carbocycles. The molecule has 0 saturated carbocycles. The van der Waals surface area contributed by atoms with Gasteiger partial charge in [-0.2, -0.15) is 0 Å². The van der Waals surface area contributed by atoms with Gasteiger partial charge in [-0.3, -0.25) is 0 Å². The van der Waals surface area contributed by atoms with Crippen LogP contribution in [0.25, 0.3) is 0 Å². The predicted octanol–water partition coefficient (Wildman–Crippen LogP) is 8.11. The standard InChI is InChI=1S/C15H21NO5P.3C4H9.Sn/c1-3-20-22(18,21-4-2)12-8-11-16(14-17)19-13-15-9-6-5-7-10-15;3*1-3-4-2;/h5-10,14H,3-4,11,13H2,1-2H3;3*1,3-4H2,2H3;. The van der Waals surface area contributed by atoms with Gasteiger partial charge in [-0.15, -0.1) is 0 Å². The fraction of sp³-hybridized carbons (Fsp3) is 0.667. The van der Waals surface area contributed by atoms with Crippen LogP contribution in [0, 0.1) is 0 Å². The zero-order chi connectivity index (χ0) is 26.0. The molecule has 0 fully saturated rings. The Labute approximate surface area is 218 Å². The van der Waals surface area contributed by atoms with Crippen molar-refractivity contribution in [3.05, 3.63) is 45.3 Å². The molecule has 1 rings (SSSR count). The maximum absolute atomic E-state index is 14.3. The second-order valence-corrected chi connectivity index (χ2v) is 25.3. The number of rotatable bonds is 21. The van der Waals surface area contributed by atoms with Crippen LogP contribution in [0.4, 0.5) is 0 Å². The van der Waals surface area contributed by atoms with Crippen LogP contribution in [0.1, 0.15) is 78.7 Å². The van der Waals surface area contributed by atoms with E-state index in [0.717, 1.165) is 60.7 Å². The Kier molecular flexibility index (Phi) is 17.2. The average molecular weight is 616 g/mol. The third-order valence-corrected chi connectivity index (χ3v) is 28.7. The van der Waals surface area contributed by atoms with Crippen molar-refractivity contribution in [1.82, 2.24) is 5.06 Å². The van der Waals surface area contributed by atoms with E-state index in [-0.39, 0.29) is 6.54 Å². The third-order valence-electron chi connectivity index (χ3n) is 6.29. The Hall–Kier alpha value is -0.661. The topological polar surface area (TPSA) is 65.1 Å². The average Bonchev–Trinajstić information content (AvgIpc) is 2.87. The number of amides is 1. The summed E-state index contributed by atoms with van der Waals surface area (Å²) in [7, 11) is -3.46. The van der Waals surface area contributed by atoms with Crippen molar-refractivity contribution < 1.29 is 23.2 Å². The van der Waals surface area contributed by atoms with Crippen molar-refractivity contribution in [2.24, 2.45) is 0 Å². The van der Waals surface area contributed by atoms with Gasteiger partial charge in [0.1, 0.15) is 0 Å². The Bertz CT molecular complexity index is 742. The van der Waals surface area contributed by atoms with Crippen molar-refractivity contribution in [2.75, 3.05) is 19.8 Å². The van der Waals surface area contributed by atoms with Crippen LogP contribution in [0.2, 0.25) is 13.3 Å². The van der Waals surface area contributed by atoms with E-state index in [1.54, 1.807) is 0 Å². The van der Waals surface area contributed by atoms with Crippen LogP contribution >= 0.6 is 7.60 Å². The summed E-state index contributed by atoms with van der Waals surface area (Å²) in [6.45, 7) is 11.6. The molecule has 8 heteroatoms. The van der Waals surface area contributed by atoms with Crippen molar-refractivity contribution in [2.45, 2.75) is 93.1 Å². The number of benzene rings is 1. The molecule has 0 atom stereocenters. The molecular formula is C27H48NO5PSn. The number of hydrogen-bond acceptors (Lipinski definition) is 5. The van der Waals surface area contributed by atoms with Gasteiger partial charge in [0.05, 0.1) is 0 Å². The van der Waals surface area contributed by atoms with Crippen molar-refractivity contribution in [1.29, 1.82) is 0 Å². The number of carbonyl (C=O) groups is 1. The molecule has 0 aliphatic heterocycles. The first kappa shape index (κ1) is 32.4. The van der Waals surface area contributed by atoms with E-state index < -0.39 is 26.0 Å². The van der Waals surface area contributed by atoms with Crippen LogP contribution < -0.4 is 0 Å². The Morgan fingerprint density at radius 1 is 0.886 bits per heavy atom. The van der Waals surface area contributed by atoms with Gasteiger partial charge in [-0.1, -0.05) is 0 Å². The minimum absolute atomic E-state index is 0.235. The summed E-state index contributed by atoms with van der Waals surface area (Å²) in [6, 6.07) is 9.76. The normalized spacial score (nSPS) is 12.7. The van der Waals surface area contributed by atoms with Gasteiger partial charge in [0, 0.05) is 0 Å². The van der Waals surface area contributed by atoms with E-state index in [1.807, 2.05) is 50.3 Å². The molecule has 0 saturated heterocycles. The molecule has 0 bridgehead atoms. The Balaban J connectivity index is 3.43. The van der Waals surface area contributed by atoms with Gasteiger partial charge in [-0.05, 0) is 0 Å². The molecule has 35 heavy (non-hydrogen) atoms. The molecule has 6 nitrogen and oxygen atoms in total. The monoisotopic (exact) mass is 617 g/mol. The molecule has 0 heterocycles. The van der Waals surface area contributed by atoms with Crippen LogP contribution in [-0.2, 0) is 29.9 Å². The van der Waals surface area contributed by atoms with E-state index >= 15 is 0 Å². The van der Waals surface area contributed by atoms with Gasteiger partial charge in [0.25, 0.3) is 0 Å². The molecule has 0 aromatic heterocycles. The zero-order valence-corrected chi connectivity index (χ0v) is 26.4. The number of carbonyl (C=O) groups excluding carboxylic acids is 1. The van der Waals surface area contributed by atoms with Gasteiger partial charge in [0.15, 0.2) is 0 Å². The molecule has 0 spiro atoms. The number of hydroxylamine groups is 2. The molecule has 200 valence electrons. The van der Waals surface area contributed by atoms with Gasteiger partial charge in [0.2, 0.25) is 0 Å². The van der Waals surface area contributed by atoms with Crippen LogP contribution in [0.15, 0.2) is 39.7 Å². The van der Waals surface area contributed by atoms with E-state index in [4.69, 9.17) is 13.9 Å². The second kappa shape index (κ2) is 18.6. The van der Waals surface area contributed by atoms with Gasteiger partial charge >= 0.3 is 219 Å². The molecule has 0 aliphatic carbocycles. The number of unbranched alkanes of at least 4 members (excludes halogenated alkanes) is 3. The summed E-state index contributed by atoms with van der Waals surface area (Å²) in [5, 5.41) is 1.30. The number of nitrogens with zero attached hydrogens (tertiary/aromatic N) is 1. The summed E-state index contributed by atoms with van der Waals surface area (Å²) >= 11 is -3.20. The first-order chi connectivity index (χ1) is 16.9. The third kappa shape index (κ3) is 11.1. The van der Waals surface area contributed by atoms with E-state index in [0.29, 0.717) is 26.2 Å². The molecule has 0 unspecified atom stereocenters. The summed E-state index contributed by atoms with van der Waals surface area (Å²) in [6.07, 6.45) is 9.39. The molecule has 0 radical (unpaired) electrons. The SMILES string of the molecule is CCC[CH2][Sn]([CH2]CCC)([CH2]CCC)/[C](=C/CN(C=O)OCc1ccccc1)P(=O)(OCC)OCC. The molecule has 1 amide bonds. The predicted molar refractivity (Wildman–Crippen MR) is 148 cm³/mol. The van der Waals surface area contributed by atoms with Crippen LogP contribution in [0.5, 0.6) is 0 Å². The van der Waals surface area contributed by atoms with Crippen molar-refractivity contribution in [3.8, 4) is 0 Å². The van der Waals surface area contributed by atoms with Crippen molar-refractivity contribution >= 4 is 32.4 Å². The van der Waals surface area contributed by atoms with E-state index in [9.17, 15) is 9.36 Å². The molecule has 0 aliphatic rings. The van der Waals surface area contributed by atoms with Crippen molar-refractivity contribution in [3.63, 3.8) is 0 Å². The summed E-state index contributed by atoms with van der Waals surface area (Å²) in [4.78, 5) is 17.7. The van der Waals surface area contributed by atoms with Crippen LogP contribution in [-0.4, -0.2) is 49.6 Å². The fourth-order valence-electron chi connectivity index (χ4n) is 4.47. The maximum atomic E-state index is 14.3. The second-order valence-electron chi connectivity index (χ2n) is 8.98. The summed E-state index contributed by atoms with van der Waals surface area (Å²) < 4.78 is 30.5.